The zero-order chi connectivity index (χ0) is 13.2. The number of halogens is 1. The van der Waals surface area contributed by atoms with Crippen molar-refractivity contribution in [1.82, 2.24) is 0 Å². The molecule has 0 amide bonds. The van der Waals surface area contributed by atoms with Gasteiger partial charge >= 0.3 is 0 Å². The first-order valence-corrected chi connectivity index (χ1v) is 6.04. The van der Waals surface area contributed by atoms with Crippen LogP contribution in [0.25, 0.3) is 0 Å². The number of benzene rings is 2. The summed E-state index contributed by atoms with van der Waals surface area (Å²) in [5, 5.41) is 9.60. The highest BCUT2D eigenvalue weighted by molar-refractivity contribution is 5.44. The molecule has 1 N–H and O–H groups in total. The Morgan fingerprint density at radius 3 is 3.00 bits per heavy atom. The lowest BCUT2D eigenvalue weighted by Gasteiger charge is -2.08. The molecule has 0 aliphatic carbocycles. The molecule has 1 aliphatic heterocycles. The van der Waals surface area contributed by atoms with E-state index in [0.29, 0.717) is 18.1 Å². The standard InChI is InChI=1S/C15H13FO3/c16-11-3-1-2-10(6-11)8-18-12-4-5-13-14(17)9-19-15(13)7-12/h1-7,14,17H,8-9H2. The maximum Gasteiger partial charge on any atom is 0.129 e. The molecular weight excluding hydrogens is 247 g/mol. The third-order valence-corrected chi connectivity index (χ3v) is 3.04. The van der Waals surface area contributed by atoms with Crippen molar-refractivity contribution in [2.45, 2.75) is 12.7 Å². The van der Waals surface area contributed by atoms with E-state index >= 15 is 0 Å². The van der Waals surface area contributed by atoms with Crippen LogP contribution in [0.3, 0.4) is 0 Å². The van der Waals surface area contributed by atoms with Gasteiger partial charge in [0.15, 0.2) is 0 Å². The average molecular weight is 260 g/mol. The fourth-order valence-corrected chi connectivity index (χ4v) is 2.06. The highest BCUT2D eigenvalue weighted by Gasteiger charge is 2.21. The Morgan fingerprint density at radius 2 is 2.16 bits per heavy atom. The highest BCUT2D eigenvalue weighted by Crippen LogP contribution is 2.35. The lowest BCUT2D eigenvalue weighted by Crippen LogP contribution is -1.97. The molecule has 2 aromatic carbocycles. The summed E-state index contributed by atoms with van der Waals surface area (Å²) in [6, 6.07) is 11.6. The van der Waals surface area contributed by atoms with Crippen LogP contribution < -0.4 is 9.47 Å². The summed E-state index contributed by atoms with van der Waals surface area (Å²) in [4.78, 5) is 0. The van der Waals surface area contributed by atoms with Gasteiger partial charge in [0, 0.05) is 11.6 Å². The van der Waals surface area contributed by atoms with Crippen LogP contribution in [0.5, 0.6) is 11.5 Å². The minimum absolute atomic E-state index is 0.276. The number of ether oxygens (including phenoxy) is 2. The van der Waals surface area contributed by atoms with Gasteiger partial charge in [-0.15, -0.1) is 0 Å². The van der Waals surface area contributed by atoms with Crippen molar-refractivity contribution in [1.29, 1.82) is 0 Å². The van der Waals surface area contributed by atoms with Crippen LogP contribution >= 0.6 is 0 Å². The van der Waals surface area contributed by atoms with Gasteiger partial charge in [-0.2, -0.15) is 0 Å². The van der Waals surface area contributed by atoms with Crippen LogP contribution in [0.1, 0.15) is 17.2 Å². The molecule has 98 valence electrons. The van der Waals surface area contributed by atoms with E-state index in [9.17, 15) is 9.50 Å². The van der Waals surface area contributed by atoms with Crippen molar-refractivity contribution in [3.05, 3.63) is 59.4 Å². The fourth-order valence-electron chi connectivity index (χ4n) is 2.06. The molecule has 3 rings (SSSR count). The van der Waals surface area contributed by atoms with Gasteiger partial charge < -0.3 is 14.6 Å². The smallest absolute Gasteiger partial charge is 0.129 e. The molecule has 3 nitrogen and oxygen atoms in total. The quantitative estimate of drug-likeness (QED) is 0.922. The van der Waals surface area contributed by atoms with Crippen LogP contribution in [0.2, 0.25) is 0 Å². The summed E-state index contributed by atoms with van der Waals surface area (Å²) in [5.74, 6) is 1.00. The number of aliphatic hydroxyl groups excluding tert-OH is 1. The molecule has 2 aromatic rings. The van der Waals surface area contributed by atoms with E-state index < -0.39 is 6.10 Å². The molecule has 0 bridgehead atoms. The summed E-state index contributed by atoms with van der Waals surface area (Å²) < 4.78 is 23.9. The molecule has 1 heterocycles. The third kappa shape index (κ3) is 2.53. The van der Waals surface area contributed by atoms with Crippen LogP contribution in [-0.2, 0) is 6.61 Å². The number of hydrogen-bond donors (Lipinski definition) is 1. The van der Waals surface area contributed by atoms with Crippen molar-refractivity contribution in [2.24, 2.45) is 0 Å². The van der Waals surface area contributed by atoms with E-state index in [2.05, 4.69) is 0 Å². The molecule has 0 spiro atoms. The minimum Gasteiger partial charge on any atom is -0.490 e. The maximum absolute atomic E-state index is 13.0. The van der Waals surface area contributed by atoms with Gasteiger partial charge in [0.2, 0.25) is 0 Å². The normalized spacial score (nSPS) is 16.8. The first-order chi connectivity index (χ1) is 9.22. The van der Waals surface area contributed by atoms with Crippen molar-refractivity contribution >= 4 is 0 Å². The van der Waals surface area contributed by atoms with Gasteiger partial charge in [0.1, 0.15) is 36.6 Å². The summed E-state index contributed by atoms with van der Waals surface area (Å²) in [5.41, 5.74) is 1.54. The first kappa shape index (κ1) is 12.0. The SMILES string of the molecule is OC1COc2cc(OCc3cccc(F)c3)ccc21. The second-order valence-electron chi connectivity index (χ2n) is 4.45. The number of rotatable bonds is 3. The predicted octanol–water partition coefficient (Wildman–Crippen LogP) is 2.83. The molecule has 1 unspecified atom stereocenters. The van der Waals surface area contributed by atoms with E-state index in [4.69, 9.17) is 9.47 Å². The van der Waals surface area contributed by atoms with Crippen LogP contribution in [0.4, 0.5) is 4.39 Å². The number of aliphatic hydroxyl groups is 1. The van der Waals surface area contributed by atoms with Crippen LogP contribution in [0.15, 0.2) is 42.5 Å². The van der Waals surface area contributed by atoms with E-state index in [1.54, 1.807) is 30.3 Å². The van der Waals surface area contributed by atoms with Crippen molar-refractivity contribution in [3.63, 3.8) is 0 Å². The predicted molar refractivity (Wildman–Crippen MR) is 67.6 cm³/mol. The Bertz CT molecular complexity index is 598. The van der Waals surface area contributed by atoms with Gasteiger partial charge in [-0.3, -0.25) is 0 Å². The fraction of sp³-hybridized carbons (Fsp3) is 0.200. The van der Waals surface area contributed by atoms with Gasteiger partial charge in [-0.05, 0) is 29.8 Å². The molecule has 1 aliphatic rings. The molecular formula is C15H13FO3. The Hall–Kier alpha value is -2.07. The molecule has 0 saturated heterocycles. The second kappa shape index (κ2) is 4.90. The molecule has 0 saturated carbocycles. The summed E-state index contributed by atoms with van der Waals surface area (Å²) in [6.45, 7) is 0.571. The average Bonchev–Trinajstić information content (AvgIpc) is 2.78. The zero-order valence-corrected chi connectivity index (χ0v) is 10.2. The Balaban J connectivity index is 1.71. The topological polar surface area (TPSA) is 38.7 Å². The lowest BCUT2D eigenvalue weighted by molar-refractivity contribution is 0.140. The summed E-state index contributed by atoms with van der Waals surface area (Å²) in [6.07, 6.45) is -0.563. The van der Waals surface area contributed by atoms with Crippen molar-refractivity contribution in [3.8, 4) is 11.5 Å². The lowest BCUT2D eigenvalue weighted by atomic mass is 10.1. The van der Waals surface area contributed by atoms with Crippen LogP contribution in [0, 0.1) is 5.82 Å². The second-order valence-corrected chi connectivity index (χ2v) is 4.45. The van der Waals surface area contributed by atoms with E-state index in [1.165, 1.54) is 12.1 Å². The minimum atomic E-state index is -0.563. The maximum atomic E-state index is 13.0. The van der Waals surface area contributed by atoms with E-state index in [1.807, 2.05) is 0 Å². The molecule has 1 atom stereocenters. The van der Waals surface area contributed by atoms with Crippen molar-refractivity contribution < 1.29 is 19.0 Å². The molecule has 0 fully saturated rings. The molecule has 0 aromatic heterocycles. The third-order valence-electron chi connectivity index (χ3n) is 3.04. The first-order valence-electron chi connectivity index (χ1n) is 6.04. The largest absolute Gasteiger partial charge is 0.490 e. The van der Waals surface area contributed by atoms with Crippen LogP contribution in [-0.4, -0.2) is 11.7 Å². The molecule has 0 radical (unpaired) electrons. The number of fused-ring (bicyclic) bond motifs is 1. The van der Waals surface area contributed by atoms with E-state index in [0.717, 1.165) is 11.1 Å². The number of hydrogen-bond acceptors (Lipinski definition) is 3. The van der Waals surface area contributed by atoms with Crippen molar-refractivity contribution in [2.75, 3.05) is 6.61 Å². The molecule has 19 heavy (non-hydrogen) atoms. The zero-order valence-electron chi connectivity index (χ0n) is 10.2. The van der Waals surface area contributed by atoms with Gasteiger partial charge in [0.05, 0.1) is 0 Å². The molecule has 4 heteroatoms. The van der Waals surface area contributed by atoms with Gasteiger partial charge in [-0.25, -0.2) is 4.39 Å². The van der Waals surface area contributed by atoms with E-state index in [-0.39, 0.29) is 12.4 Å². The highest BCUT2D eigenvalue weighted by atomic mass is 19.1. The summed E-state index contributed by atoms with van der Waals surface area (Å²) >= 11 is 0. The Kier molecular flexibility index (Phi) is 3.09. The summed E-state index contributed by atoms with van der Waals surface area (Å²) in [7, 11) is 0. The Morgan fingerprint density at radius 1 is 1.26 bits per heavy atom. The van der Waals surface area contributed by atoms with Gasteiger partial charge in [0.25, 0.3) is 0 Å². The Labute approximate surface area is 110 Å². The monoisotopic (exact) mass is 260 g/mol. The van der Waals surface area contributed by atoms with Gasteiger partial charge in [-0.1, -0.05) is 12.1 Å².